The molecule has 1 aliphatic rings. The van der Waals surface area contributed by atoms with Gasteiger partial charge in [-0.2, -0.15) is 8.78 Å². The van der Waals surface area contributed by atoms with E-state index in [1.807, 2.05) is 0 Å². The molecule has 1 fully saturated rings. The van der Waals surface area contributed by atoms with Gasteiger partial charge in [0, 0.05) is 25.8 Å². The molecule has 0 saturated carbocycles. The summed E-state index contributed by atoms with van der Waals surface area (Å²) in [5, 5.41) is 0. The van der Waals surface area contributed by atoms with Gasteiger partial charge >= 0.3 is 12.0 Å². The normalized spacial score (nSPS) is 20.6. The molecule has 0 aliphatic carbocycles. The molecule has 0 bridgehead atoms. The van der Waals surface area contributed by atoms with Gasteiger partial charge in [0.15, 0.2) is 11.6 Å². The molecule has 164 valence electrons. The molecule has 0 spiro atoms. The summed E-state index contributed by atoms with van der Waals surface area (Å²) in [6.07, 6.45) is -3.00. The summed E-state index contributed by atoms with van der Waals surface area (Å²) in [6, 6.07) is -0.712. The van der Waals surface area contributed by atoms with Crippen molar-refractivity contribution in [1.82, 2.24) is 9.62 Å². The average molecular weight is 442 g/mol. The Bertz CT molecular complexity index is 842. The number of carbonyl (C=O) groups is 1. The van der Waals surface area contributed by atoms with E-state index in [9.17, 15) is 30.8 Å². The zero-order valence-electron chi connectivity index (χ0n) is 16.0. The van der Waals surface area contributed by atoms with Gasteiger partial charge in [-0.1, -0.05) is 0 Å². The van der Waals surface area contributed by atoms with E-state index in [1.165, 1.54) is 7.11 Å². The standard InChI is InChI=1S/C17H22F4N2O5S/c1-10-7-11(18)8-12(19)15(10)28-17(20,21)16(24)23-6-4-5-13(14(23)9-27-2)22-29(3,25)26/h7-8,13-14,22H,4-6,9H2,1-3H3/t13-,14-/m0/s1. The van der Waals surface area contributed by atoms with Crippen molar-refractivity contribution in [3.63, 3.8) is 0 Å². The maximum absolute atomic E-state index is 14.6. The number of nitrogens with zero attached hydrogens (tertiary/aromatic N) is 1. The van der Waals surface area contributed by atoms with Gasteiger partial charge in [-0.15, -0.1) is 0 Å². The zero-order valence-corrected chi connectivity index (χ0v) is 16.9. The molecule has 1 N–H and O–H groups in total. The van der Waals surface area contributed by atoms with Crippen LogP contribution >= 0.6 is 0 Å². The third-order valence-corrected chi connectivity index (χ3v) is 5.15. The summed E-state index contributed by atoms with van der Waals surface area (Å²) >= 11 is 0. The molecule has 0 radical (unpaired) electrons. The van der Waals surface area contributed by atoms with Crippen molar-refractivity contribution in [3.8, 4) is 5.75 Å². The molecule has 1 saturated heterocycles. The van der Waals surface area contributed by atoms with Crippen LogP contribution < -0.4 is 9.46 Å². The summed E-state index contributed by atoms with van der Waals surface area (Å²) in [7, 11) is -2.39. The first-order chi connectivity index (χ1) is 13.4. The number of aryl methyl sites for hydroxylation is 1. The van der Waals surface area contributed by atoms with Gasteiger partial charge < -0.3 is 14.4 Å². The Labute approximate surface area is 166 Å². The number of hydrogen-bond donors (Lipinski definition) is 1. The van der Waals surface area contributed by atoms with Crippen LogP contribution in [0.1, 0.15) is 18.4 Å². The SMILES string of the molecule is COC[C@H]1[C@@H](NS(C)(=O)=O)CCCN1C(=O)C(F)(F)Oc1c(C)cc(F)cc1F. The van der Waals surface area contributed by atoms with Crippen molar-refractivity contribution in [1.29, 1.82) is 0 Å². The minimum absolute atomic E-state index is 0.0986. The quantitative estimate of drug-likeness (QED) is 0.651. The number of methoxy groups -OCH3 is 1. The smallest absolute Gasteiger partial charge is 0.422 e. The number of sulfonamides is 1. The number of benzene rings is 1. The summed E-state index contributed by atoms with van der Waals surface area (Å²) in [6.45, 7) is 0.848. The summed E-state index contributed by atoms with van der Waals surface area (Å²) in [4.78, 5) is 13.3. The van der Waals surface area contributed by atoms with Gasteiger partial charge in [0.25, 0.3) is 0 Å². The Morgan fingerprint density at radius 2 is 2.00 bits per heavy atom. The minimum Gasteiger partial charge on any atom is -0.422 e. The Balaban J connectivity index is 2.29. The van der Waals surface area contributed by atoms with Crippen molar-refractivity contribution in [2.75, 3.05) is 26.5 Å². The Morgan fingerprint density at radius 3 is 2.55 bits per heavy atom. The number of likely N-dealkylation sites (tertiary alicyclic amines) is 1. The number of carbonyl (C=O) groups excluding carboxylic acids is 1. The summed E-state index contributed by atoms with van der Waals surface area (Å²) in [5.74, 6) is -5.08. The second-order valence-electron chi connectivity index (χ2n) is 6.81. The lowest BCUT2D eigenvalue weighted by Crippen LogP contribution is -2.62. The maximum atomic E-state index is 14.6. The monoisotopic (exact) mass is 442 g/mol. The molecule has 1 amide bonds. The first-order valence-electron chi connectivity index (χ1n) is 8.65. The lowest BCUT2D eigenvalue weighted by Gasteiger charge is -2.41. The Hall–Kier alpha value is -1.92. The largest absolute Gasteiger partial charge is 0.482 e. The fourth-order valence-electron chi connectivity index (χ4n) is 3.26. The van der Waals surface area contributed by atoms with Crippen LogP contribution in [0, 0.1) is 18.6 Å². The van der Waals surface area contributed by atoms with Crippen LogP contribution in [0.5, 0.6) is 5.75 Å². The minimum atomic E-state index is -4.47. The van der Waals surface area contributed by atoms with Gasteiger partial charge in [0.2, 0.25) is 10.0 Å². The number of hydrogen-bond acceptors (Lipinski definition) is 5. The Morgan fingerprint density at radius 1 is 1.34 bits per heavy atom. The van der Waals surface area contributed by atoms with E-state index >= 15 is 0 Å². The number of rotatable bonds is 7. The molecule has 0 unspecified atom stereocenters. The van der Waals surface area contributed by atoms with Gasteiger partial charge in [0.05, 0.1) is 18.9 Å². The average Bonchev–Trinajstić information content (AvgIpc) is 2.58. The van der Waals surface area contributed by atoms with Crippen molar-refractivity contribution < 1.29 is 40.2 Å². The molecule has 2 atom stereocenters. The fourth-order valence-corrected chi connectivity index (χ4v) is 4.08. The van der Waals surface area contributed by atoms with Crippen molar-refractivity contribution in [2.24, 2.45) is 0 Å². The van der Waals surface area contributed by atoms with Crippen LogP contribution in [-0.2, 0) is 19.6 Å². The van der Waals surface area contributed by atoms with Crippen LogP contribution in [0.25, 0.3) is 0 Å². The van der Waals surface area contributed by atoms with Crippen LogP contribution in [0.4, 0.5) is 17.6 Å². The molecular formula is C17H22F4N2O5S. The molecule has 7 nitrogen and oxygen atoms in total. The van der Waals surface area contributed by atoms with Gasteiger partial charge in [0.1, 0.15) is 5.82 Å². The Kier molecular flexibility index (Phi) is 7.12. The molecule has 0 aromatic heterocycles. The predicted octanol–water partition coefficient (Wildman–Crippen LogP) is 1.80. The number of piperidine rings is 1. The van der Waals surface area contributed by atoms with E-state index in [-0.39, 0.29) is 25.1 Å². The van der Waals surface area contributed by atoms with Crippen molar-refractivity contribution in [2.45, 2.75) is 38.0 Å². The summed E-state index contributed by atoms with van der Waals surface area (Å²) in [5.41, 5.74) is -0.251. The lowest BCUT2D eigenvalue weighted by atomic mass is 9.97. The highest BCUT2D eigenvalue weighted by atomic mass is 32.2. The highest BCUT2D eigenvalue weighted by molar-refractivity contribution is 7.88. The topological polar surface area (TPSA) is 84.9 Å². The van der Waals surface area contributed by atoms with E-state index in [4.69, 9.17) is 4.74 Å². The van der Waals surface area contributed by atoms with E-state index in [0.717, 1.165) is 24.1 Å². The number of halogens is 4. The molecule has 1 aliphatic heterocycles. The number of amides is 1. The van der Waals surface area contributed by atoms with E-state index in [1.54, 1.807) is 0 Å². The predicted molar refractivity (Wildman–Crippen MR) is 95.0 cm³/mol. The highest BCUT2D eigenvalue weighted by Crippen LogP contribution is 2.32. The summed E-state index contributed by atoms with van der Waals surface area (Å²) < 4.78 is 91.0. The van der Waals surface area contributed by atoms with Gasteiger partial charge in [-0.05, 0) is 31.4 Å². The van der Waals surface area contributed by atoms with E-state index in [2.05, 4.69) is 9.46 Å². The molecule has 1 heterocycles. The highest BCUT2D eigenvalue weighted by Gasteiger charge is 2.50. The number of nitrogens with one attached hydrogen (secondary N) is 1. The lowest BCUT2D eigenvalue weighted by molar-refractivity contribution is -0.209. The maximum Gasteiger partial charge on any atom is 0.482 e. The zero-order chi connectivity index (χ0) is 22.0. The fraction of sp³-hybridized carbons (Fsp3) is 0.588. The van der Waals surface area contributed by atoms with Crippen LogP contribution in [0.2, 0.25) is 0 Å². The molecule has 1 aromatic carbocycles. The molecular weight excluding hydrogens is 420 g/mol. The third-order valence-electron chi connectivity index (χ3n) is 4.42. The molecule has 29 heavy (non-hydrogen) atoms. The first kappa shape index (κ1) is 23.4. The van der Waals surface area contributed by atoms with Crippen molar-refractivity contribution >= 4 is 15.9 Å². The van der Waals surface area contributed by atoms with Gasteiger partial charge in [-0.25, -0.2) is 21.9 Å². The molecule has 12 heteroatoms. The van der Waals surface area contributed by atoms with Crippen molar-refractivity contribution in [3.05, 3.63) is 29.3 Å². The third kappa shape index (κ3) is 5.80. The van der Waals surface area contributed by atoms with Gasteiger partial charge in [-0.3, -0.25) is 4.79 Å². The first-order valence-corrected chi connectivity index (χ1v) is 10.5. The van der Waals surface area contributed by atoms with Crippen LogP contribution in [0.15, 0.2) is 12.1 Å². The number of alkyl halides is 2. The molecule has 1 aromatic rings. The number of ether oxygens (including phenoxy) is 2. The molecule has 2 rings (SSSR count). The van der Waals surface area contributed by atoms with E-state index in [0.29, 0.717) is 12.5 Å². The van der Waals surface area contributed by atoms with Crippen LogP contribution in [-0.4, -0.2) is 63.9 Å². The second kappa shape index (κ2) is 8.84. The van der Waals surface area contributed by atoms with E-state index < -0.39 is 51.5 Å². The van der Waals surface area contributed by atoms with Crippen LogP contribution in [0.3, 0.4) is 0 Å². The second-order valence-corrected chi connectivity index (χ2v) is 8.59.